The molecule has 3 saturated heterocycles. The number of hydrogen-bond donors (Lipinski definition) is 0. The van der Waals surface area contributed by atoms with E-state index in [0.717, 1.165) is 9.80 Å². The molecule has 0 aromatic carbocycles. The number of amides is 5. The van der Waals surface area contributed by atoms with Crippen LogP contribution in [0.25, 0.3) is 0 Å². The van der Waals surface area contributed by atoms with Gasteiger partial charge < -0.3 is 9.64 Å². The van der Waals surface area contributed by atoms with Crippen molar-refractivity contribution in [1.29, 1.82) is 0 Å². The van der Waals surface area contributed by atoms with E-state index in [0.29, 0.717) is 39.0 Å². The summed E-state index contributed by atoms with van der Waals surface area (Å²) in [5, 5.41) is 0. The van der Waals surface area contributed by atoms with Gasteiger partial charge in [0, 0.05) is 38.1 Å². The molecule has 3 rings (SSSR count). The molecule has 5 amide bonds. The molecule has 3 aliphatic heterocycles. The van der Waals surface area contributed by atoms with Crippen LogP contribution in [0.15, 0.2) is 0 Å². The molecule has 0 saturated carbocycles. The van der Waals surface area contributed by atoms with Gasteiger partial charge in [-0.1, -0.05) is 0 Å². The largest absolute Gasteiger partial charge is 0.372 e. The van der Waals surface area contributed by atoms with Gasteiger partial charge in [0.15, 0.2) is 0 Å². The van der Waals surface area contributed by atoms with Crippen LogP contribution in [0.3, 0.4) is 0 Å². The number of carbonyl (C=O) groups is 4. The third-order valence-corrected chi connectivity index (χ3v) is 5.61. The molecule has 9 nitrogen and oxygen atoms in total. The molecule has 0 radical (unpaired) electrons. The highest BCUT2D eigenvalue weighted by atomic mass is 16.5. The summed E-state index contributed by atoms with van der Waals surface area (Å²) in [6.45, 7) is 9.92. The first kappa shape index (κ1) is 20.7. The Morgan fingerprint density at radius 3 is 2.11 bits per heavy atom. The highest BCUT2D eigenvalue weighted by molar-refractivity contribution is 6.44. The van der Waals surface area contributed by atoms with Gasteiger partial charge in [0.25, 0.3) is 0 Å². The molecule has 0 aliphatic carbocycles. The van der Waals surface area contributed by atoms with Crippen molar-refractivity contribution in [1.82, 2.24) is 19.6 Å². The zero-order chi connectivity index (χ0) is 20.6. The minimum Gasteiger partial charge on any atom is -0.372 e. The summed E-state index contributed by atoms with van der Waals surface area (Å²) in [5.41, 5.74) is 0. The first-order valence-corrected chi connectivity index (χ1v) is 10.0. The lowest BCUT2D eigenvalue weighted by Gasteiger charge is -2.39. The van der Waals surface area contributed by atoms with Gasteiger partial charge in [-0.25, -0.2) is 9.69 Å². The van der Waals surface area contributed by atoms with Crippen LogP contribution in [0.5, 0.6) is 0 Å². The van der Waals surface area contributed by atoms with E-state index in [1.807, 2.05) is 23.6 Å². The van der Waals surface area contributed by atoms with Gasteiger partial charge in [-0.3, -0.25) is 24.2 Å². The summed E-state index contributed by atoms with van der Waals surface area (Å²) < 4.78 is 5.70. The Labute approximate surface area is 165 Å². The smallest absolute Gasteiger partial charge is 0.335 e. The van der Waals surface area contributed by atoms with E-state index >= 15 is 0 Å². The number of morpholine rings is 1. The van der Waals surface area contributed by atoms with Gasteiger partial charge in [0.2, 0.25) is 5.91 Å². The van der Waals surface area contributed by atoms with Gasteiger partial charge in [0.1, 0.15) is 0 Å². The average molecular weight is 394 g/mol. The molecular weight excluding hydrogens is 364 g/mol. The number of likely N-dealkylation sites (tertiary alicyclic amines) is 1. The van der Waals surface area contributed by atoms with E-state index in [1.165, 1.54) is 0 Å². The second-order valence-electron chi connectivity index (χ2n) is 8.32. The number of urea groups is 1. The Morgan fingerprint density at radius 1 is 1.04 bits per heavy atom. The van der Waals surface area contributed by atoms with E-state index in [4.69, 9.17) is 4.74 Å². The summed E-state index contributed by atoms with van der Waals surface area (Å²) >= 11 is 0. The lowest BCUT2D eigenvalue weighted by atomic mass is 9.95. The Kier molecular flexibility index (Phi) is 6.04. The van der Waals surface area contributed by atoms with Crippen molar-refractivity contribution in [3.8, 4) is 0 Å². The topological polar surface area (TPSA) is 90.5 Å². The fourth-order valence-electron chi connectivity index (χ4n) is 4.24. The normalized spacial score (nSPS) is 28.0. The molecule has 0 N–H and O–H groups in total. The van der Waals surface area contributed by atoms with Crippen molar-refractivity contribution in [3.05, 3.63) is 0 Å². The average Bonchev–Trinajstić information content (AvgIpc) is 2.84. The molecule has 0 aromatic heterocycles. The monoisotopic (exact) mass is 394 g/mol. The van der Waals surface area contributed by atoms with Gasteiger partial charge in [-0.15, -0.1) is 0 Å². The van der Waals surface area contributed by atoms with Crippen LogP contribution in [-0.2, 0) is 19.1 Å². The maximum atomic E-state index is 12.8. The lowest BCUT2D eigenvalue weighted by molar-refractivity contribution is -0.149. The number of nitrogens with zero attached hydrogens (tertiary/aromatic N) is 4. The molecule has 28 heavy (non-hydrogen) atoms. The number of carbonyl (C=O) groups excluding carboxylic acids is 4. The van der Waals surface area contributed by atoms with Crippen LogP contribution in [0.4, 0.5) is 4.79 Å². The number of piperidine rings is 1. The fraction of sp³-hybridized carbons (Fsp3) is 0.789. The van der Waals surface area contributed by atoms with E-state index < -0.39 is 17.8 Å². The Hall–Kier alpha value is -2.00. The third kappa shape index (κ3) is 4.05. The first-order valence-electron chi connectivity index (χ1n) is 10.0. The third-order valence-electron chi connectivity index (χ3n) is 5.61. The molecule has 3 fully saturated rings. The number of imide groups is 2. The van der Waals surface area contributed by atoms with Crippen LogP contribution in [0.2, 0.25) is 0 Å². The summed E-state index contributed by atoms with van der Waals surface area (Å²) in [6, 6.07) is -0.907. The van der Waals surface area contributed by atoms with E-state index in [9.17, 15) is 19.2 Å². The second kappa shape index (κ2) is 8.16. The van der Waals surface area contributed by atoms with Crippen LogP contribution < -0.4 is 0 Å². The molecule has 156 valence electrons. The maximum absolute atomic E-state index is 12.8. The number of hydrogen-bond acceptors (Lipinski definition) is 6. The molecule has 9 heteroatoms. The van der Waals surface area contributed by atoms with Crippen LogP contribution in [0.1, 0.15) is 40.5 Å². The van der Waals surface area contributed by atoms with Crippen LogP contribution in [-0.4, -0.2) is 94.4 Å². The summed E-state index contributed by atoms with van der Waals surface area (Å²) in [6.07, 6.45) is 1.44. The Bertz CT molecular complexity index is 649. The Balaban J connectivity index is 1.53. The summed E-state index contributed by atoms with van der Waals surface area (Å²) in [5.74, 6) is -1.42. The van der Waals surface area contributed by atoms with Gasteiger partial charge >= 0.3 is 17.8 Å². The highest BCUT2D eigenvalue weighted by Crippen LogP contribution is 2.23. The summed E-state index contributed by atoms with van der Waals surface area (Å²) in [7, 11) is 0. The van der Waals surface area contributed by atoms with Crippen LogP contribution in [0, 0.1) is 5.92 Å². The SMILES string of the molecule is CC1CN(C(=O)C2CCN(CN3C(=O)C(=O)N(C(C)C)C3=O)CC2)CC(C)O1. The standard InChI is InChI=1S/C19H30N4O5/c1-12(2)23-18(26)17(25)22(19(23)27)11-20-7-5-15(6-8-20)16(24)21-9-13(3)28-14(4)10-21/h12-15H,5-11H2,1-4H3. The lowest BCUT2D eigenvalue weighted by Crippen LogP contribution is -2.52. The van der Waals surface area contributed by atoms with E-state index in [1.54, 1.807) is 13.8 Å². The zero-order valence-electron chi connectivity index (χ0n) is 17.1. The van der Waals surface area contributed by atoms with E-state index in [2.05, 4.69) is 0 Å². The molecule has 3 heterocycles. The molecule has 2 atom stereocenters. The van der Waals surface area contributed by atoms with Crippen molar-refractivity contribution < 1.29 is 23.9 Å². The maximum Gasteiger partial charge on any atom is 0.335 e. The van der Waals surface area contributed by atoms with Gasteiger partial charge in [-0.2, -0.15) is 0 Å². The van der Waals surface area contributed by atoms with Gasteiger partial charge in [0.05, 0.1) is 18.9 Å². The van der Waals surface area contributed by atoms with Crippen molar-refractivity contribution in [2.75, 3.05) is 32.8 Å². The zero-order valence-corrected chi connectivity index (χ0v) is 17.1. The highest BCUT2D eigenvalue weighted by Gasteiger charge is 2.46. The van der Waals surface area contributed by atoms with Crippen molar-refractivity contribution in [2.24, 2.45) is 5.92 Å². The second-order valence-corrected chi connectivity index (χ2v) is 8.32. The predicted molar refractivity (Wildman–Crippen MR) is 100.0 cm³/mol. The molecule has 0 spiro atoms. The minimum absolute atomic E-state index is 0.0430. The number of rotatable bonds is 4. The molecule has 0 bridgehead atoms. The van der Waals surface area contributed by atoms with Gasteiger partial charge in [-0.05, 0) is 40.5 Å². The first-order chi connectivity index (χ1) is 13.2. The minimum atomic E-state index is -0.770. The fourth-order valence-corrected chi connectivity index (χ4v) is 4.24. The van der Waals surface area contributed by atoms with Crippen molar-refractivity contribution in [2.45, 2.75) is 58.8 Å². The Morgan fingerprint density at radius 2 is 1.61 bits per heavy atom. The molecule has 3 aliphatic rings. The summed E-state index contributed by atoms with van der Waals surface area (Å²) in [4.78, 5) is 55.3. The molecular formula is C19H30N4O5. The molecule has 0 aromatic rings. The van der Waals surface area contributed by atoms with E-state index in [-0.39, 0.29) is 36.7 Å². The van der Waals surface area contributed by atoms with Crippen molar-refractivity contribution >= 4 is 23.8 Å². The quantitative estimate of drug-likeness (QED) is 0.509. The molecule has 2 unspecified atom stereocenters. The number of ether oxygens (including phenoxy) is 1. The van der Waals surface area contributed by atoms with Crippen molar-refractivity contribution in [3.63, 3.8) is 0 Å². The predicted octanol–water partition coefficient (Wildman–Crippen LogP) is 0.491. The van der Waals surface area contributed by atoms with Crippen LogP contribution >= 0.6 is 0 Å².